The Kier molecular flexibility index (Phi) is 4.02. The van der Waals surface area contributed by atoms with E-state index in [0.717, 1.165) is 19.5 Å². The summed E-state index contributed by atoms with van der Waals surface area (Å²) < 4.78 is 23.5. The van der Waals surface area contributed by atoms with Crippen molar-refractivity contribution in [2.24, 2.45) is 5.73 Å². The Bertz CT molecular complexity index is 396. The molecule has 0 saturated carbocycles. The SMILES string of the molecule is CN(C)C1CCCN(C2(CN)CCS(=O)(=O)C2)C1. The average molecular weight is 275 g/mol. The number of nitrogens with zero attached hydrogens (tertiary/aromatic N) is 2. The van der Waals surface area contributed by atoms with Crippen LogP contribution >= 0.6 is 0 Å². The van der Waals surface area contributed by atoms with E-state index in [-0.39, 0.29) is 11.3 Å². The molecule has 2 heterocycles. The zero-order valence-electron chi connectivity index (χ0n) is 11.4. The van der Waals surface area contributed by atoms with E-state index in [0.29, 0.717) is 24.8 Å². The van der Waals surface area contributed by atoms with Crippen LogP contribution in [-0.4, -0.2) is 75.0 Å². The van der Waals surface area contributed by atoms with Crippen molar-refractivity contribution in [3.8, 4) is 0 Å². The first-order valence-electron chi connectivity index (χ1n) is 6.70. The third-order valence-corrected chi connectivity index (χ3v) is 6.35. The Hall–Kier alpha value is -0.170. The molecule has 0 spiro atoms. The molecule has 2 fully saturated rings. The molecular formula is C12H25N3O2S. The van der Waals surface area contributed by atoms with Crippen LogP contribution in [-0.2, 0) is 9.84 Å². The zero-order valence-corrected chi connectivity index (χ0v) is 12.2. The molecule has 0 aliphatic carbocycles. The third kappa shape index (κ3) is 2.71. The van der Waals surface area contributed by atoms with Crippen molar-refractivity contribution in [3.05, 3.63) is 0 Å². The van der Waals surface area contributed by atoms with Gasteiger partial charge in [-0.05, 0) is 39.9 Å². The van der Waals surface area contributed by atoms with Gasteiger partial charge in [0.1, 0.15) is 0 Å². The van der Waals surface area contributed by atoms with Crippen molar-refractivity contribution in [3.63, 3.8) is 0 Å². The molecule has 0 bridgehead atoms. The predicted octanol–water partition coefficient (Wildman–Crippen LogP) is -0.472. The van der Waals surface area contributed by atoms with Crippen LogP contribution < -0.4 is 5.73 Å². The number of hydrogen-bond donors (Lipinski definition) is 1. The van der Waals surface area contributed by atoms with Crippen molar-refractivity contribution in [2.45, 2.75) is 30.8 Å². The molecule has 0 aromatic carbocycles. The fraction of sp³-hybridized carbons (Fsp3) is 1.00. The highest BCUT2D eigenvalue weighted by atomic mass is 32.2. The monoisotopic (exact) mass is 275 g/mol. The van der Waals surface area contributed by atoms with Gasteiger partial charge in [-0.1, -0.05) is 0 Å². The highest BCUT2D eigenvalue weighted by molar-refractivity contribution is 7.91. The standard InChI is InChI=1S/C12H25N3O2S/c1-14(2)11-4-3-6-15(8-11)12(9-13)5-7-18(16,17)10-12/h11H,3-10,13H2,1-2H3. The van der Waals surface area contributed by atoms with Gasteiger partial charge in [0.05, 0.1) is 11.5 Å². The molecule has 2 N–H and O–H groups in total. The summed E-state index contributed by atoms with van der Waals surface area (Å²) in [4.78, 5) is 4.57. The van der Waals surface area contributed by atoms with E-state index in [9.17, 15) is 8.42 Å². The maximum atomic E-state index is 11.8. The summed E-state index contributed by atoms with van der Waals surface area (Å²) in [6.07, 6.45) is 3.02. The van der Waals surface area contributed by atoms with E-state index in [4.69, 9.17) is 5.73 Å². The molecule has 0 radical (unpaired) electrons. The Morgan fingerprint density at radius 3 is 2.67 bits per heavy atom. The summed E-state index contributed by atoms with van der Waals surface area (Å²) in [5.41, 5.74) is 5.62. The first-order chi connectivity index (χ1) is 8.38. The largest absolute Gasteiger partial charge is 0.329 e. The van der Waals surface area contributed by atoms with Gasteiger partial charge in [-0.15, -0.1) is 0 Å². The van der Waals surface area contributed by atoms with Crippen LogP contribution in [0.1, 0.15) is 19.3 Å². The van der Waals surface area contributed by atoms with E-state index >= 15 is 0 Å². The van der Waals surface area contributed by atoms with Crippen LogP contribution in [0.2, 0.25) is 0 Å². The van der Waals surface area contributed by atoms with Crippen molar-refractivity contribution >= 4 is 9.84 Å². The minimum Gasteiger partial charge on any atom is -0.329 e. The van der Waals surface area contributed by atoms with Gasteiger partial charge in [-0.3, -0.25) is 4.90 Å². The lowest BCUT2D eigenvalue weighted by molar-refractivity contribution is 0.0495. The lowest BCUT2D eigenvalue weighted by Gasteiger charge is -2.45. The topological polar surface area (TPSA) is 66.6 Å². The van der Waals surface area contributed by atoms with Gasteiger partial charge in [-0.25, -0.2) is 8.42 Å². The summed E-state index contributed by atoms with van der Waals surface area (Å²) in [5.74, 6) is 0.546. The van der Waals surface area contributed by atoms with Crippen molar-refractivity contribution in [1.29, 1.82) is 0 Å². The maximum absolute atomic E-state index is 11.8. The van der Waals surface area contributed by atoms with Crippen molar-refractivity contribution < 1.29 is 8.42 Å². The maximum Gasteiger partial charge on any atom is 0.152 e. The highest BCUT2D eigenvalue weighted by Gasteiger charge is 2.46. The van der Waals surface area contributed by atoms with Crippen LogP contribution in [0, 0.1) is 0 Å². The van der Waals surface area contributed by atoms with Crippen LogP contribution in [0.5, 0.6) is 0 Å². The van der Waals surface area contributed by atoms with Crippen molar-refractivity contribution in [1.82, 2.24) is 9.80 Å². The predicted molar refractivity (Wildman–Crippen MR) is 73.3 cm³/mol. The highest BCUT2D eigenvalue weighted by Crippen LogP contribution is 2.32. The number of sulfone groups is 1. The number of likely N-dealkylation sites (N-methyl/N-ethyl adjacent to an activating group) is 1. The Morgan fingerprint density at radius 1 is 1.44 bits per heavy atom. The van der Waals surface area contributed by atoms with Gasteiger partial charge in [0.25, 0.3) is 0 Å². The first-order valence-corrected chi connectivity index (χ1v) is 8.53. The molecule has 0 aromatic heterocycles. The molecule has 2 aliphatic rings. The van der Waals surface area contributed by atoms with E-state index in [2.05, 4.69) is 23.9 Å². The summed E-state index contributed by atoms with van der Waals surface area (Å²) in [7, 11) is 1.30. The number of nitrogens with two attached hydrogens (primary N) is 1. The average Bonchev–Trinajstić information content (AvgIpc) is 2.66. The number of rotatable bonds is 3. The van der Waals surface area contributed by atoms with Gasteiger partial charge in [-0.2, -0.15) is 0 Å². The zero-order chi connectivity index (χ0) is 13.4. The number of hydrogen-bond acceptors (Lipinski definition) is 5. The number of piperidine rings is 1. The minimum atomic E-state index is -2.89. The molecule has 2 aliphatic heterocycles. The molecule has 106 valence electrons. The summed E-state index contributed by atoms with van der Waals surface area (Å²) >= 11 is 0. The second-order valence-electron chi connectivity index (χ2n) is 5.98. The van der Waals surface area contributed by atoms with Gasteiger partial charge in [0.15, 0.2) is 9.84 Å². The van der Waals surface area contributed by atoms with Gasteiger partial charge < -0.3 is 10.6 Å². The fourth-order valence-corrected chi connectivity index (χ4v) is 5.34. The van der Waals surface area contributed by atoms with Gasteiger partial charge >= 0.3 is 0 Å². The van der Waals surface area contributed by atoms with Crippen LogP contribution in [0.25, 0.3) is 0 Å². The second kappa shape index (κ2) is 5.07. The lowest BCUT2D eigenvalue weighted by atomic mass is 9.92. The molecule has 0 aromatic rings. The first kappa shape index (κ1) is 14.2. The van der Waals surface area contributed by atoms with E-state index in [1.54, 1.807) is 0 Å². The summed E-state index contributed by atoms with van der Waals surface area (Å²) in [6, 6.07) is 0.519. The number of likely N-dealkylation sites (tertiary alicyclic amines) is 1. The second-order valence-corrected chi connectivity index (χ2v) is 8.16. The molecule has 5 nitrogen and oxygen atoms in total. The molecular weight excluding hydrogens is 250 g/mol. The summed E-state index contributed by atoms with van der Waals surface area (Å²) in [5, 5.41) is 0. The van der Waals surface area contributed by atoms with E-state index in [1.807, 2.05) is 0 Å². The lowest BCUT2D eigenvalue weighted by Crippen LogP contribution is -2.60. The normalized spacial score (nSPS) is 37.2. The Labute approximate surface area is 110 Å². The van der Waals surface area contributed by atoms with Crippen LogP contribution in [0.15, 0.2) is 0 Å². The Morgan fingerprint density at radius 2 is 2.17 bits per heavy atom. The van der Waals surface area contributed by atoms with Crippen LogP contribution in [0.4, 0.5) is 0 Å². The molecule has 18 heavy (non-hydrogen) atoms. The molecule has 2 saturated heterocycles. The Balaban J connectivity index is 2.13. The van der Waals surface area contributed by atoms with Crippen molar-refractivity contribution in [2.75, 3.05) is 45.2 Å². The smallest absolute Gasteiger partial charge is 0.152 e. The quantitative estimate of drug-likeness (QED) is 0.754. The minimum absolute atomic E-state index is 0.247. The van der Waals surface area contributed by atoms with E-state index in [1.165, 1.54) is 6.42 Å². The van der Waals surface area contributed by atoms with Gasteiger partial charge in [0, 0.05) is 24.7 Å². The molecule has 6 heteroatoms. The summed E-state index contributed by atoms with van der Waals surface area (Å²) in [6.45, 7) is 2.38. The fourth-order valence-electron chi connectivity index (χ4n) is 3.25. The molecule has 2 unspecified atom stereocenters. The third-order valence-electron chi connectivity index (χ3n) is 4.54. The molecule has 2 rings (SSSR count). The van der Waals surface area contributed by atoms with E-state index < -0.39 is 9.84 Å². The molecule has 2 atom stereocenters. The molecule has 0 amide bonds. The van der Waals surface area contributed by atoms with Gasteiger partial charge in [0.2, 0.25) is 0 Å². The van der Waals surface area contributed by atoms with Crippen LogP contribution in [0.3, 0.4) is 0 Å².